The maximum atomic E-state index is 14.0. The van der Waals surface area contributed by atoms with Gasteiger partial charge in [0, 0.05) is 18.2 Å². The molecule has 122 valence electrons. The summed E-state index contributed by atoms with van der Waals surface area (Å²) in [5, 5.41) is 0. The van der Waals surface area contributed by atoms with Crippen molar-refractivity contribution < 1.29 is 9.18 Å². The standard InChI is InChI=1S/C18H17FN4O/c19-14-7-2-1-4-12(14)10-23(13-5-3-6-13)18(24)16-9-8-15-17(22-16)21-11-20-15/h1-2,4,7-9,11,13H,3,5-6,10H2,(H,20,21,22). The molecule has 6 heteroatoms. The fourth-order valence-electron chi connectivity index (χ4n) is 2.96. The Morgan fingerprint density at radius 3 is 2.83 bits per heavy atom. The maximum Gasteiger partial charge on any atom is 0.273 e. The van der Waals surface area contributed by atoms with E-state index in [-0.39, 0.29) is 24.3 Å². The predicted octanol–water partition coefficient (Wildman–Crippen LogP) is 3.29. The van der Waals surface area contributed by atoms with Crippen molar-refractivity contribution >= 4 is 17.1 Å². The number of carbonyl (C=O) groups is 1. The van der Waals surface area contributed by atoms with Crippen LogP contribution in [0.25, 0.3) is 11.2 Å². The molecule has 1 aliphatic carbocycles. The molecule has 2 aromatic heterocycles. The minimum Gasteiger partial charge on any atom is -0.343 e. The van der Waals surface area contributed by atoms with Crippen molar-refractivity contribution in [3.05, 3.63) is 59.8 Å². The van der Waals surface area contributed by atoms with Crippen LogP contribution >= 0.6 is 0 Å². The Kier molecular flexibility index (Phi) is 3.72. The highest BCUT2D eigenvalue weighted by atomic mass is 19.1. The summed E-state index contributed by atoms with van der Waals surface area (Å²) in [6, 6.07) is 10.2. The smallest absolute Gasteiger partial charge is 0.273 e. The van der Waals surface area contributed by atoms with Crippen molar-refractivity contribution in [2.75, 3.05) is 0 Å². The molecule has 0 bridgehead atoms. The van der Waals surface area contributed by atoms with Crippen LogP contribution in [-0.4, -0.2) is 31.8 Å². The van der Waals surface area contributed by atoms with Gasteiger partial charge in [-0.1, -0.05) is 18.2 Å². The average molecular weight is 324 g/mol. The molecule has 1 aliphatic rings. The minimum absolute atomic E-state index is 0.147. The van der Waals surface area contributed by atoms with Crippen LogP contribution in [0.2, 0.25) is 0 Å². The van der Waals surface area contributed by atoms with Crippen LogP contribution in [0.15, 0.2) is 42.7 Å². The number of aromatic nitrogens is 3. The quantitative estimate of drug-likeness (QED) is 0.801. The fraction of sp³-hybridized carbons (Fsp3) is 0.278. The van der Waals surface area contributed by atoms with Crippen molar-refractivity contribution in [2.24, 2.45) is 0 Å². The Morgan fingerprint density at radius 1 is 1.25 bits per heavy atom. The zero-order chi connectivity index (χ0) is 16.5. The first-order chi connectivity index (χ1) is 11.7. The van der Waals surface area contributed by atoms with E-state index in [2.05, 4.69) is 15.0 Å². The van der Waals surface area contributed by atoms with Crippen molar-refractivity contribution in [3.63, 3.8) is 0 Å². The number of amides is 1. The topological polar surface area (TPSA) is 61.9 Å². The van der Waals surface area contributed by atoms with E-state index in [1.807, 2.05) is 0 Å². The summed E-state index contributed by atoms with van der Waals surface area (Å²) in [5.74, 6) is -0.460. The van der Waals surface area contributed by atoms with Crippen molar-refractivity contribution in [1.82, 2.24) is 19.9 Å². The molecule has 0 unspecified atom stereocenters. The summed E-state index contributed by atoms with van der Waals surface area (Å²) < 4.78 is 14.0. The van der Waals surface area contributed by atoms with Gasteiger partial charge < -0.3 is 9.88 Å². The van der Waals surface area contributed by atoms with Crippen molar-refractivity contribution in [2.45, 2.75) is 31.8 Å². The highest BCUT2D eigenvalue weighted by Crippen LogP contribution is 2.28. The van der Waals surface area contributed by atoms with Crippen molar-refractivity contribution in [1.29, 1.82) is 0 Å². The second kappa shape index (κ2) is 6.03. The number of aromatic amines is 1. The number of nitrogens with one attached hydrogen (secondary N) is 1. The number of fused-ring (bicyclic) bond motifs is 1. The van der Waals surface area contributed by atoms with Gasteiger partial charge in [0.1, 0.15) is 11.5 Å². The third-order valence-corrected chi connectivity index (χ3v) is 4.58. The molecule has 1 saturated carbocycles. The number of H-pyrrole nitrogens is 1. The molecule has 2 heterocycles. The van der Waals surface area contributed by atoms with Crippen LogP contribution in [0.4, 0.5) is 4.39 Å². The largest absolute Gasteiger partial charge is 0.343 e. The summed E-state index contributed by atoms with van der Waals surface area (Å²) in [4.78, 5) is 26.1. The molecule has 0 saturated heterocycles. The molecule has 1 N–H and O–H groups in total. The van der Waals surface area contributed by atoms with Gasteiger partial charge >= 0.3 is 0 Å². The first-order valence-corrected chi connectivity index (χ1v) is 8.07. The lowest BCUT2D eigenvalue weighted by atomic mass is 9.90. The molecule has 0 radical (unpaired) electrons. The minimum atomic E-state index is -0.287. The van der Waals surface area contributed by atoms with Crippen LogP contribution in [0, 0.1) is 5.82 Å². The molecule has 1 aromatic carbocycles. The van der Waals surface area contributed by atoms with Gasteiger partial charge in [-0.25, -0.2) is 14.4 Å². The van der Waals surface area contributed by atoms with Crippen LogP contribution in [-0.2, 0) is 6.54 Å². The lowest BCUT2D eigenvalue weighted by molar-refractivity contribution is 0.0548. The van der Waals surface area contributed by atoms with Gasteiger partial charge in [-0.3, -0.25) is 4.79 Å². The molecule has 1 fully saturated rings. The molecule has 0 aliphatic heterocycles. The van der Waals surface area contributed by atoms with E-state index in [0.717, 1.165) is 24.8 Å². The molecule has 0 atom stereocenters. The van der Waals surface area contributed by atoms with Gasteiger partial charge in [-0.15, -0.1) is 0 Å². The predicted molar refractivity (Wildman–Crippen MR) is 87.8 cm³/mol. The third kappa shape index (κ3) is 2.64. The van der Waals surface area contributed by atoms with Crippen LogP contribution in [0.3, 0.4) is 0 Å². The number of carbonyl (C=O) groups excluding carboxylic acids is 1. The molecule has 5 nitrogen and oxygen atoms in total. The van der Waals surface area contributed by atoms with Crippen LogP contribution in [0.1, 0.15) is 35.3 Å². The van der Waals surface area contributed by atoms with Gasteiger partial charge in [-0.2, -0.15) is 0 Å². The van der Waals surface area contributed by atoms with Crippen LogP contribution < -0.4 is 0 Å². The third-order valence-electron chi connectivity index (χ3n) is 4.58. The molecule has 4 rings (SSSR count). The zero-order valence-corrected chi connectivity index (χ0v) is 13.1. The van der Waals surface area contributed by atoms with Gasteiger partial charge in [0.2, 0.25) is 0 Å². The molecular formula is C18H17FN4O. The van der Waals surface area contributed by atoms with E-state index in [0.29, 0.717) is 16.9 Å². The lowest BCUT2D eigenvalue weighted by Crippen LogP contribution is -2.44. The summed E-state index contributed by atoms with van der Waals surface area (Å²) in [7, 11) is 0. The average Bonchev–Trinajstić information content (AvgIpc) is 3.01. The Labute approximate surface area is 138 Å². The zero-order valence-electron chi connectivity index (χ0n) is 13.1. The number of benzene rings is 1. The van der Waals surface area contributed by atoms with Gasteiger partial charge in [-0.05, 0) is 37.5 Å². The van der Waals surface area contributed by atoms with Crippen LogP contribution in [0.5, 0.6) is 0 Å². The normalized spacial score (nSPS) is 14.5. The molecular weight excluding hydrogens is 307 g/mol. The Balaban J connectivity index is 1.65. The number of rotatable bonds is 4. The van der Waals surface area contributed by atoms with Gasteiger partial charge in [0.05, 0.1) is 11.8 Å². The fourth-order valence-corrected chi connectivity index (χ4v) is 2.96. The number of hydrogen-bond donors (Lipinski definition) is 1. The van der Waals surface area contributed by atoms with Crippen molar-refractivity contribution in [3.8, 4) is 0 Å². The maximum absolute atomic E-state index is 14.0. The van der Waals surface area contributed by atoms with Gasteiger partial charge in [0.25, 0.3) is 5.91 Å². The van der Waals surface area contributed by atoms with E-state index in [9.17, 15) is 9.18 Å². The second-order valence-electron chi connectivity index (χ2n) is 6.08. The Hall–Kier alpha value is -2.76. The highest BCUT2D eigenvalue weighted by Gasteiger charge is 2.30. The number of halogens is 1. The first-order valence-electron chi connectivity index (χ1n) is 8.07. The first kappa shape index (κ1) is 14.8. The molecule has 3 aromatic rings. The van der Waals surface area contributed by atoms with E-state index >= 15 is 0 Å². The molecule has 1 amide bonds. The summed E-state index contributed by atoms with van der Waals surface area (Å²) >= 11 is 0. The van der Waals surface area contributed by atoms with E-state index < -0.39 is 0 Å². The monoisotopic (exact) mass is 324 g/mol. The van der Waals surface area contributed by atoms with E-state index in [4.69, 9.17) is 0 Å². The van der Waals surface area contributed by atoms with E-state index in [1.165, 1.54) is 6.07 Å². The number of imidazole rings is 1. The molecule has 0 spiro atoms. The number of hydrogen-bond acceptors (Lipinski definition) is 3. The second-order valence-corrected chi connectivity index (χ2v) is 6.08. The van der Waals surface area contributed by atoms with E-state index in [1.54, 1.807) is 41.6 Å². The Bertz CT molecular complexity index is 887. The highest BCUT2D eigenvalue weighted by molar-refractivity contribution is 5.94. The lowest BCUT2D eigenvalue weighted by Gasteiger charge is -2.37. The summed E-state index contributed by atoms with van der Waals surface area (Å²) in [6.45, 7) is 0.260. The SMILES string of the molecule is O=C(c1ccc2[nH]cnc2n1)N(Cc1ccccc1F)C1CCC1. The number of nitrogens with zero attached hydrogens (tertiary/aromatic N) is 3. The summed E-state index contributed by atoms with van der Waals surface area (Å²) in [6.07, 6.45) is 4.54. The Morgan fingerprint density at radius 2 is 2.08 bits per heavy atom. The van der Waals surface area contributed by atoms with Gasteiger partial charge in [0.15, 0.2) is 5.65 Å². The summed E-state index contributed by atoms with van der Waals surface area (Å²) in [5.41, 5.74) is 2.17. The number of pyridine rings is 1. The molecule has 24 heavy (non-hydrogen) atoms.